The highest BCUT2D eigenvalue weighted by atomic mass is 32.1. The first kappa shape index (κ1) is 22.8. The number of hydrogen-bond acceptors (Lipinski definition) is 8. The van der Waals surface area contributed by atoms with Crippen molar-refractivity contribution in [1.82, 2.24) is 15.5 Å². The number of ether oxygens (including phenoxy) is 1. The second-order valence-electron chi connectivity index (χ2n) is 7.13. The van der Waals surface area contributed by atoms with Crippen molar-refractivity contribution < 1.29 is 19.2 Å². The molecule has 1 aromatic heterocycles. The molecule has 32 heavy (non-hydrogen) atoms. The molecule has 0 saturated carbocycles. The Morgan fingerprint density at radius 3 is 2.28 bits per heavy atom. The van der Waals surface area contributed by atoms with Crippen LogP contribution < -0.4 is 15.4 Å². The highest BCUT2D eigenvalue weighted by molar-refractivity contribution is 7.18. The second-order valence-corrected chi connectivity index (χ2v) is 8.11. The third kappa shape index (κ3) is 5.43. The number of nitrogens with one attached hydrogen (secondary N) is 2. The standard InChI is InChI=1S/C21H21N5O5S/c1-12(2)17(22-18(27)13-4-8-15(9-5-13)26(29)30)19(28)23-21-25-24-20(32-21)14-6-10-16(31-3)11-7-14/h4-12,17H,1-3H3,(H,22,27)(H,23,25,28). The minimum atomic E-state index is -0.842. The Labute approximate surface area is 187 Å². The largest absolute Gasteiger partial charge is 0.497 e. The van der Waals surface area contributed by atoms with Crippen molar-refractivity contribution in [1.29, 1.82) is 0 Å². The van der Waals surface area contributed by atoms with Gasteiger partial charge in [-0.2, -0.15) is 0 Å². The monoisotopic (exact) mass is 455 g/mol. The van der Waals surface area contributed by atoms with Gasteiger partial charge in [0.25, 0.3) is 11.6 Å². The van der Waals surface area contributed by atoms with Gasteiger partial charge in [-0.3, -0.25) is 25.0 Å². The molecule has 1 heterocycles. The normalized spacial score (nSPS) is 11.6. The number of methoxy groups -OCH3 is 1. The third-order valence-electron chi connectivity index (χ3n) is 4.57. The summed E-state index contributed by atoms with van der Waals surface area (Å²) in [6, 6.07) is 11.6. The van der Waals surface area contributed by atoms with Crippen LogP contribution in [0.1, 0.15) is 24.2 Å². The maximum atomic E-state index is 12.8. The lowest BCUT2D eigenvalue weighted by atomic mass is 10.0. The van der Waals surface area contributed by atoms with Crippen molar-refractivity contribution in [3.8, 4) is 16.3 Å². The minimum absolute atomic E-state index is 0.122. The molecule has 2 N–H and O–H groups in total. The van der Waals surface area contributed by atoms with Crippen molar-refractivity contribution >= 4 is 34.0 Å². The SMILES string of the molecule is COc1ccc(-c2nnc(NC(=O)C(NC(=O)c3ccc([N+](=O)[O-])cc3)C(C)C)s2)cc1. The number of nitro groups is 1. The Kier molecular flexibility index (Phi) is 7.11. The van der Waals surface area contributed by atoms with E-state index >= 15 is 0 Å². The summed E-state index contributed by atoms with van der Waals surface area (Å²) in [5.41, 5.74) is 0.922. The molecule has 11 heteroatoms. The van der Waals surface area contributed by atoms with E-state index in [1.54, 1.807) is 33.1 Å². The van der Waals surface area contributed by atoms with Crippen LogP contribution in [0.4, 0.5) is 10.8 Å². The van der Waals surface area contributed by atoms with Crippen LogP contribution in [0, 0.1) is 16.0 Å². The Bertz CT molecular complexity index is 1110. The van der Waals surface area contributed by atoms with Gasteiger partial charge >= 0.3 is 0 Å². The topological polar surface area (TPSA) is 136 Å². The Morgan fingerprint density at radius 2 is 1.72 bits per heavy atom. The maximum Gasteiger partial charge on any atom is 0.269 e. The van der Waals surface area contributed by atoms with E-state index in [4.69, 9.17) is 4.74 Å². The van der Waals surface area contributed by atoms with E-state index in [1.807, 2.05) is 12.1 Å². The fourth-order valence-corrected chi connectivity index (χ4v) is 3.55. The van der Waals surface area contributed by atoms with Crippen molar-refractivity contribution in [3.63, 3.8) is 0 Å². The van der Waals surface area contributed by atoms with Crippen LogP contribution in [0.2, 0.25) is 0 Å². The molecule has 2 aromatic carbocycles. The molecule has 0 bridgehead atoms. The van der Waals surface area contributed by atoms with E-state index in [9.17, 15) is 19.7 Å². The zero-order valence-electron chi connectivity index (χ0n) is 17.6. The van der Waals surface area contributed by atoms with Crippen LogP contribution in [0.5, 0.6) is 5.75 Å². The van der Waals surface area contributed by atoms with E-state index in [0.29, 0.717) is 10.1 Å². The molecule has 1 unspecified atom stereocenters. The average Bonchev–Trinajstić information content (AvgIpc) is 3.25. The summed E-state index contributed by atoms with van der Waals surface area (Å²) >= 11 is 1.20. The van der Waals surface area contributed by atoms with E-state index in [-0.39, 0.29) is 17.2 Å². The number of rotatable bonds is 8. The summed E-state index contributed by atoms with van der Waals surface area (Å²) in [7, 11) is 1.58. The lowest BCUT2D eigenvalue weighted by molar-refractivity contribution is -0.384. The quantitative estimate of drug-likeness (QED) is 0.392. The fourth-order valence-electron chi connectivity index (χ4n) is 2.80. The molecule has 3 aromatic rings. The van der Waals surface area contributed by atoms with E-state index in [1.165, 1.54) is 35.6 Å². The van der Waals surface area contributed by atoms with Crippen LogP contribution in [0.25, 0.3) is 10.6 Å². The van der Waals surface area contributed by atoms with Crippen molar-refractivity contribution in [3.05, 3.63) is 64.2 Å². The molecule has 166 valence electrons. The van der Waals surface area contributed by atoms with Gasteiger partial charge in [0.2, 0.25) is 11.0 Å². The third-order valence-corrected chi connectivity index (χ3v) is 5.46. The predicted octanol–water partition coefficient (Wildman–Crippen LogP) is 3.52. The van der Waals surface area contributed by atoms with Crippen molar-refractivity contribution in [2.24, 2.45) is 5.92 Å². The van der Waals surface area contributed by atoms with Gasteiger partial charge in [-0.1, -0.05) is 25.2 Å². The molecule has 0 saturated heterocycles. The first-order valence-corrected chi connectivity index (χ1v) is 10.4. The highest BCUT2D eigenvalue weighted by Gasteiger charge is 2.26. The fraction of sp³-hybridized carbons (Fsp3) is 0.238. The number of anilines is 1. The van der Waals surface area contributed by atoms with Crippen LogP contribution in [-0.4, -0.2) is 40.1 Å². The molecular formula is C21H21N5O5S. The van der Waals surface area contributed by atoms with Gasteiger partial charge in [-0.15, -0.1) is 10.2 Å². The van der Waals surface area contributed by atoms with Gasteiger partial charge < -0.3 is 10.1 Å². The first-order chi connectivity index (χ1) is 15.3. The average molecular weight is 455 g/mol. The van der Waals surface area contributed by atoms with Gasteiger partial charge in [0.15, 0.2) is 0 Å². The Morgan fingerprint density at radius 1 is 1.06 bits per heavy atom. The smallest absolute Gasteiger partial charge is 0.269 e. The number of nitro benzene ring substituents is 1. The molecular weight excluding hydrogens is 434 g/mol. The summed E-state index contributed by atoms with van der Waals surface area (Å²) in [4.78, 5) is 35.6. The molecule has 0 aliphatic heterocycles. The first-order valence-electron chi connectivity index (χ1n) is 9.62. The van der Waals surface area contributed by atoms with Crippen molar-refractivity contribution in [2.45, 2.75) is 19.9 Å². The van der Waals surface area contributed by atoms with Crippen LogP contribution in [-0.2, 0) is 4.79 Å². The maximum absolute atomic E-state index is 12.8. The van der Waals surface area contributed by atoms with Crippen LogP contribution in [0.3, 0.4) is 0 Å². The molecule has 0 radical (unpaired) electrons. The van der Waals surface area contributed by atoms with E-state index in [2.05, 4.69) is 20.8 Å². The number of hydrogen-bond donors (Lipinski definition) is 2. The molecule has 3 rings (SSSR count). The number of aromatic nitrogens is 2. The Balaban J connectivity index is 1.68. The second kappa shape index (κ2) is 9.96. The number of nitrogens with zero attached hydrogens (tertiary/aromatic N) is 3. The van der Waals surface area contributed by atoms with Crippen molar-refractivity contribution in [2.75, 3.05) is 12.4 Å². The number of amides is 2. The predicted molar refractivity (Wildman–Crippen MR) is 120 cm³/mol. The van der Waals surface area contributed by atoms with Gasteiger partial charge in [0.1, 0.15) is 16.8 Å². The summed E-state index contributed by atoms with van der Waals surface area (Å²) in [5, 5.41) is 25.2. The van der Waals surface area contributed by atoms with E-state index in [0.717, 1.165) is 11.3 Å². The van der Waals surface area contributed by atoms with Gasteiger partial charge in [-0.25, -0.2) is 0 Å². The zero-order chi connectivity index (χ0) is 23.3. The van der Waals surface area contributed by atoms with Crippen LogP contribution in [0.15, 0.2) is 48.5 Å². The lowest BCUT2D eigenvalue weighted by Crippen LogP contribution is -2.47. The molecule has 1 atom stereocenters. The highest BCUT2D eigenvalue weighted by Crippen LogP contribution is 2.28. The van der Waals surface area contributed by atoms with Gasteiger partial charge in [0.05, 0.1) is 12.0 Å². The summed E-state index contributed by atoms with van der Waals surface area (Å²) in [6.07, 6.45) is 0. The lowest BCUT2D eigenvalue weighted by Gasteiger charge is -2.21. The van der Waals surface area contributed by atoms with Crippen LogP contribution >= 0.6 is 11.3 Å². The molecule has 0 aliphatic rings. The molecule has 0 fully saturated rings. The summed E-state index contributed by atoms with van der Waals surface area (Å²) in [6.45, 7) is 3.59. The van der Waals surface area contributed by atoms with Gasteiger partial charge in [0, 0.05) is 23.3 Å². The number of carbonyl (C=O) groups excluding carboxylic acids is 2. The zero-order valence-corrected chi connectivity index (χ0v) is 18.4. The van der Waals surface area contributed by atoms with E-state index < -0.39 is 22.8 Å². The molecule has 0 spiro atoms. The number of non-ortho nitro benzene ring substituents is 1. The summed E-state index contributed by atoms with van der Waals surface area (Å²) < 4.78 is 5.14. The van der Waals surface area contributed by atoms with Gasteiger partial charge in [-0.05, 0) is 42.3 Å². The summed E-state index contributed by atoms with van der Waals surface area (Å²) in [5.74, 6) is -0.445. The molecule has 0 aliphatic carbocycles. The Hall–Kier alpha value is -3.86. The number of carbonyl (C=O) groups is 2. The number of benzene rings is 2. The minimum Gasteiger partial charge on any atom is -0.497 e. The molecule has 2 amide bonds. The molecule has 10 nitrogen and oxygen atoms in total.